The van der Waals surface area contributed by atoms with Crippen LogP contribution < -0.4 is 5.32 Å². The number of aliphatic hydroxyl groups excluding tert-OH is 1. The van der Waals surface area contributed by atoms with E-state index in [4.69, 9.17) is 65.6 Å². The Bertz CT molecular complexity index is 998. The van der Waals surface area contributed by atoms with Gasteiger partial charge in [-0.05, 0) is 49.0 Å². The third kappa shape index (κ3) is 8.91. The maximum absolute atomic E-state index is 12.8. The van der Waals surface area contributed by atoms with Gasteiger partial charge in [0, 0.05) is 90.5 Å². The van der Waals surface area contributed by atoms with Crippen LogP contribution in [0.4, 0.5) is 4.79 Å². The molecule has 8 nitrogen and oxygen atoms in total. The molecule has 9 heteroatoms. The van der Waals surface area contributed by atoms with Crippen LogP contribution in [-0.2, 0) is 14.3 Å². The van der Waals surface area contributed by atoms with E-state index in [1.807, 2.05) is 39.0 Å². The summed E-state index contributed by atoms with van der Waals surface area (Å²) in [4.78, 5) is 31.2. The molecule has 2 N–H and O–H groups in total. The van der Waals surface area contributed by atoms with Gasteiger partial charge < -0.3 is 24.8 Å². The molecule has 0 aliphatic carbocycles. The molecule has 0 saturated carbocycles. The second-order valence-corrected chi connectivity index (χ2v) is 9.91. The van der Waals surface area contributed by atoms with Crippen LogP contribution in [0.1, 0.15) is 99.0 Å². The summed E-state index contributed by atoms with van der Waals surface area (Å²) in [5, 5.41) is 14.2. The highest BCUT2D eigenvalue weighted by Crippen LogP contribution is 2.26. The zero-order chi connectivity index (χ0) is 55.4. The van der Waals surface area contributed by atoms with E-state index in [2.05, 4.69) is 10.3 Å². The van der Waals surface area contributed by atoms with Gasteiger partial charge in [-0.15, -0.1) is 0 Å². The molecule has 1 aromatic rings. The fourth-order valence-electron chi connectivity index (χ4n) is 4.34. The molecule has 0 spiro atoms. The first kappa shape index (κ1) is 14.5. The van der Waals surface area contributed by atoms with Crippen LogP contribution in [0.2, 0.25) is 5.02 Å². The Morgan fingerprint density at radius 3 is 2.72 bits per heavy atom. The molecule has 3 heterocycles. The number of piperazine rings is 1. The van der Waals surface area contributed by atoms with Crippen molar-refractivity contribution in [3.05, 3.63) is 46.8 Å². The number of halogens is 1. The number of pyridine rings is 1. The van der Waals surface area contributed by atoms with Crippen molar-refractivity contribution in [1.82, 2.24) is 15.2 Å². The van der Waals surface area contributed by atoms with Gasteiger partial charge >= 0.3 is 12.1 Å². The largest absolute Gasteiger partial charge is 0.457 e. The number of ether oxygens (including phenoxy) is 2. The normalized spacial score (nSPS) is 32.5. The van der Waals surface area contributed by atoms with Crippen LogP contribution >= 0.6 is 11.6 Å². The molecule has 1 aromatic heterocycles. The van der Waals surface area contributed by atoms with Crippen molar-refractivity contribution in [2.75, 3.05) is 26.2 Å². The van der Waals surface area contributed by atoms with Gasteiger partial charge in [0.25, 0.3) is 0 Å². The summed E-state index contributed by atoms with van der Waals surface area (Å²) in [5.41, 5.74) is 1.61. The van der Waals surface area contributed by atoms with Gasteiger partial charge in [0.2, 0.25) is 0 Å². The molecule has 1 amide bonds. The first-order valence-corrected chi connectivity index (χ1v) is 12.6. The number of cyclic esters (lactones) is 1. The zero-order valence-corrected chi connectivity index (χ0v) is 21.4. The molecule has 0 aromatic carbocycles. The molecule has 0 bridgehead atoms. The third-order valence-electron chi connectivity index (χ3n) is 6.44. The number of carbonyl (C=O) groups excluding carboxylic acids is 2. The molecule has 5 atom stereocenters. The Balaban J connectivity index is -0.0000000555. The lowest BCUT2D eigenvalue weighted by Gasteiger charge is -2.31. The summed E-state index contributed by atoms with van der Waals surface area (Å²) in [5.74, 6) is -0.677. The zero-order valence-electron chi connectivity index (χ0n) is 50.7. The number of nitrogens with zero attached hydrogens (tertiary/aromatic N) is 2. The summed E-state index contributed by atoms with van der Waals surface area (Å²) in [6, 6.07) is 1.78. The summed E-state index contributed by atoms with van der Waals surface area (Å²) < 4.78 is 162. The number of aromatic nitrogens is 1. The van der Waals surface area contributed by atoms with Crippen molar-refractivity contribution in [3.8, 4) is 0 Å². The molecule has 2 aliphatic rings. The van der Waals surface area contributed by atoms with E-state index in [0.717, 1.165) is 24.2 Å². The van der Waals surface area contributed by atoms with Gasteiger partial charge in [-0.3, -0.25) is 9.78 Å². The summed E-state index contributed by atoms with van der Waals surface area (Å²) in [6.45, 7) is 8.54. The SMILES string of the molecule is C.C/C(=C\c1cncc(Cl)c1)[C@H]1OC(=O)C[C@H](O)CC[C@H](C)[C@@H](OC(=O)N2CCNCC2)/C=C/[C@@H]1C.[2HH].[2H][2H].[2H][2H].[2H][2H].[2H][2H].[2H][2H].[2H][2H].[2H][2H].[2H][2H].[2H][2H].[2H][2H].[2H][2H].[2H][2H].[2H][2H].[2H][2H].[2H][2H]. The monoisotopic (exact) mass is 585 g/mol. The average Bonchev–Trinajstić information content (AvgIpc) is 3.42. The van der Waals surface area contributed by atoms with Crippen LogP contribution in [0.15, 0.2) is 36.2 Å². The lowest BCUT2D eigenvalue weighted by atomic mass is 9.91. The summed E-state index contributed by atoms with van der Waals surface area (Å²) in [7, 11) is 0. The summed E-state index contributed by atoms with van der Waals surface area (Å²) in [6.07, 6.45) is 7.71. The lowest BCUT2D eigenvalue weighted by Crippen LogP contribution is -2.47. The average molecular weight is 586 g/mol. The number of aliphatic hydroxyl groups is 1. The number of hydrogen-bond donors (Lipinski definition) is 2. The van der Waals surface area contributed by atoms with Crippen molar-refractivity contribution in [1.29, 1.82) is 0 Å². The molecular formula is C27H72ClN3O5. The highest BCUT2D eigenvalue weighted by Gasteiger charge is 2.28. The van der Waals surface area contributed by atoms with E-state index >= 15 is 0 Å². The van der Waals surface area contributed by atoms with Gasteiger partial charge in [-0.1, -0.05) is 45.0 Å². The fraction of sp³-hybridized carbons (Fsp3) is 0.593. The minimum Gasteiger partial charge on any atom is -0.457 e. The molecule has 2 aliphatic heterocycles. The van der Waals surface area contributed by atoms with Gasteiger partial charge in [0.1, 0.15) is 12.2 Å². The first-order chi connectivity index (χ1) is 31.7. The van der Waals surface area contributed by atoms with E-state index in [-0.39, 0.29) is 33.2 Å². The lowest BCUT2D eigenvalue weighted by molar-refractivity contribution is -0.151. The van der Waals surface area contributed by atoms with Crippen molar-refractivity contribution in [2.45, 2.75) is 65.8 Å². The Morgan fingerprint density at radius 2 is 2.03 bits per heavy atom. The highest BCUT2D eigenvalue weighted by atomic mass is 35.5. The molecule has 3 rings (SSSR count). The van der Waals surface area contributed by atoms with E-state index < -0.39 is 24.3 Å². The summed E-state index contributed by atoms with van der Waals surface area (Å²) >= 11 is 6.07. The molecule has 0 unspecified atom stereocenters. The molecule has 36 heavy (non-hydrogen) atoms. The van der Waals surface area contributed by atoms with Crippen molar-refractivity contribution < 1.29 is 70.1 Å². The minimum absolute atomic E-state index is 0. The van der Waals surface area contributed by atoms with Gasteiger partial charge in [-0.25, -0.2) is 4.79 Å². The van der Waals surface area contributed by atoms with E-state index in [0.29, 0.717) is 31.0 Å². The van der Waals surface area contributed by atoms with Crippen LogP contribution in [0.3, 0.4) is 0 Å². The molecule has 1 saturated heterocycles. The fourth-order valence-corrected chi connectivity index (χ4v) is 4.52. The smallest absolute Gasteiger partial charge is 0.410 e. The topological polar surface area (TPSA) is 101 Å². The second kappa shape index (κ2) is 14.4. The number of rotatable bonds is 3. The van der Waals surface area contributed by atoms with Gasteiger partial charge in [0.15, 0.2) is 0 Å². The maximum Gasteiger partial charge on any atom is 0.410 e. The first-order valence-electron chi connectivity index (χ1n) is 27.2. The predicted octanol–water partition coefficient (Wildman–Crippen LogP) is 8.41. The number of hydrogen-bond acceptors (Lipinski definition) is 7. The maximum atomic E-state index is 12.8. The number of esters is 1. The standard InChI is InChI=1S/C26H36ClN3O5.CH4.16H2/c1-17-4-6-22(31)14-24(32)35-25(19(3)12-20-13-21(27)16-29-15-20)18(2)5-7-23(17)34-26(33)30-10-8-28-9-11-30;;;;;;;;;;;;;;;;;/h5,7,12-13,15-18,22-23,25,28,31H,4,6,8-11,14H2,1-3H3;1H4;16*1H/b7-5+,19-12+;;;;;;;;;;;;;;;;;/t17-,18-,22+,23-,25-;;;;;;;;;;;;;;;;;/m0................./s1/i;;15*1+1D;1+1. The Kier molecular flexibility index (Phi) is 5.78. The van der Waals surface area contributed by atoms with Crippen LogP contribution in [0.5, 0.6) is 0 Å². The molecule has 1 fully saturated rings. The molecule has 0 radical (unpaired) electrons. The third-order valence-corrected chi connectivity index (χ3v) is 6.65. The van der Waals surface area contributed by atoms with Crippen molar-refractivity contribution in [2.24, 2.45) is 11.8 Å². The quantitative estimate of drug-likeness (QED) is 0.271. The van der Waals surface area contributed by atoms with Gasteiger partial charge in [-0.2, -0.15) is 0 Å². The predicted molar refractivity (Wildman–Crippen MR) is 175 cm³/mol. The Hall–Kier alpha value is -2.42. The number of amides is 1. The number of nitrogens with one attached hydrogen (secondary N) is 1. The van der Waals surface area contributed by atoms with Crippen molar-refractivity contribution in [3.63, 3.8) is 0 Å². The van der Waals surface area contributed by atoms with E-state index in [9.17, 15) is 14.7 Å². The van der Waals surface area contributed by atoms with Crippen LogP contribution in [0, 0.1) is 11.8 Å². The van der Waals surface area contributed by atoms with Crippen LogP contribution in [-0.4, -0.2) is 71.5 Å². The van der Waals surface area contributed by atoms with Crippen molar-refractivity contribution >= 4 is 29.7 Å². The van der Waals surface area contributed by atoms with Gasteiger partial charge in [0.05, 0.1) is 17.5 Å². The second-order valence-electron chi connectivity index (χ2n) is 9.48. The van der Waals surface area contributed by atoms with E-state index in [1.54, 1.807) is 23.4 Å². The minimum atomic E-state index is -0.824. The highest BCUT2D eigenvalue weighted by molar-refractivity contribution is 6.30. The molecular weight excluding hydrogens is 482 g/mol. The molecule has 232 valence electrons. The van der Waals surface area contributed by atoms with E-state index in [1.165, 1.54) is 0 Å². The Morgan fingerprint density at radius 1 is 1.31 bits per heavy atom. The Labute approximate surface area is 267 Å². The van der Waals surface area contributed by atoms with Crippen LogP contribution in [0.25, 0.3) is 6.08 Å². The number of carbonyl (C=O) groups is 2.